The van der Waals surface area contributed by atoms with Gasteiger partial charge in [0, 0.05) is 0 Å². The van der Waals surface area contributed by atoms with Crippen LogP contribution in [0.4, 0.5) is 10.7 Å². The van der Waals surface area contributed by atoms with Crippen molar-refractivity contribution in [2.45, 2.75) is 0 Å². The van der Waals surface area contributed by atoms with Crippen molar-refractivity contribution in [3.05, 3.63) is 28.0 Å². The molecule has 0 saturated carbocycles. The van der Waals surface area contributed by atoms with Crippen LogP contribution < -0.4 is 11.2 Å². The van der Waals surface area contributed by atoms with Crippen molar-refractivity contribution in [2.24, 2.45) is 10.8 Å². The summed E-state index contributed by atoms with van der Waals surface area (Å²) in [7, 11) is 0. The summed E-state index contributed by atoms with van der Waals surface area (Å²) in [5.41, 5.74) is 6.62. The lowest BCUT2D eigenvalue weighted by Gasteiger charge is -1.88. The predicted molar refractivity (Wildman–Crippen MR) is 45.7 cm³/mol. The first-order valence-corrected chi connectivity index (χ1v) is 3.42. The maximum Gasteiger partial charge on any atom is 0.433 e. The summed E-state index contributed by atoms with van der Waals surface area (Å²) in [5, 5.41) is 13.5. The van der Waals surface area contributed by atoms with Gasteiger partial charge in [-0.05, 0) is 6.07 Å². The molecule has 74 valence electrons. The third kappa shape index (κ3) is 2.59. The lowest BCUT2D eigenvalue weighted by molar-refractivity contribution is -0.402. The van der Waals surface area contributed by atoms with Gasteiger partial charge in [-0.3, -0.25) is 10.1 Å². The lowest BCUT2D eigenvalue weighted by Crippen LogP contribution is -2.24. The number of amides is 2. The van der Waals surface area contributed by atoms with Crippen LogP contribution >= 0.6 is 0 Å². The van der Waals surface area contributed by atoms with E-state index in [2.05, 4.69) is 9.52 Å². The zero-order valence-electron chi connectivity index (χ0n) is 6.84. The average Bonchev–Trinajstić information content (AvgIpc) is 2.52. The topological polar surface area (TPSA) is 124 Å². The van der Waals surface area contributed by atoms with Gasteiger partial charge in [-0.1, -0.05) is 0 Å². The molecule has 0 spiro atoms. The van der Waals surface area contributed by atoms with Crippen LogP contribution in [0.1, 0.15) is 5.76 Å². The maximum atomic E-state index is 10.2. The summed E-state index contributed by atoms with van der Waals surface area (Å²) < 4.78 is 4.69. The number of nitrogens with two attached hydrogens (primary N) is 1. The number of urea groups is 1. The molecule has 0 aliphatic rings. The SMILES string of the molecule is N[13C](=O)[15NH]/[15N]=C/c1ccc([N+](=O)[O-])o1. The van der Waals surface area contributed by atoms with Gasteiger partial charge in [-0.2, -0.15) is 5.10 Å². The van der Waals surface area contributed by atoms with E-state index >= 15 is 0 Å². The van der Waals surface area contributed by atoms with Crippen LogP contribution in [0.15, 0.2) is 21.7 Å². The number of furan rings is 1. The Bertz CT molecular complexity index is 383. The Morgan fingerprint density at radius 3 is 2.93 bits per heavy atom. The largest absolute Gasteiger partial charge is 0.433 e. The van der Waals surface area contributed by atoms with Gasteiger partial charge >= 0.3 is 11.9 Å². The second-order valence-electron chi connectivity index (χ2n) is 2.17. The lowest BCUT2D eigenvalue weighted by atomic mass is 10.5. The molecule has 14 heavy (non-hydrogen) atoms. The number of carbonyl (C=O) groups excluding carboxylic acids is 1. The standard InChI is InChI=1S/C6H6N4O4/c7-6(11)9-8-3-4-1-2-5(14-4)10(12)13/h1-3H,(H3,7,9,11)/b8-3+/i6+1,8+1,9+1. The van der Waals surface area contributed by atoms with E-state index in [0.29, 0.717) is 0 Å². The molecule has 0 atom stereocenters. The third-order valence-electron chi connectivity index (χ3n) is 1.16. The molecule has 8 heteroatoms. The molecule has 3 N–H and O–H groups in total. The fourth-order valence-corrected chi connectivity index (χ4v) is 0.669. The van der Waals surface area contributed by atoms with Crippen molar-refractivity contribution in [3.8, 4) is 0 Å². The van der Waals surface area contributed by atoms with Gasteiger partial charge in [0.15, 0.2) is 5.76 Å². The van der Waals surface area contributed by atoms with Gasteiger partial charge in [0.2, 0.25) is 0 Å². The summed E-state index contributed by atoms with van der Waals surface area (Å²) in [5.74, 6) is -0.254. The Morgan fingerprint density at radius 2 is 2.43 bits per heavy atom. The van der Waals surface area contributed by atoms with Crippen LogP contribution in [0.25, 0.3) is 0 Å². The van der Waals surface area contributed by atoms with E-state index in [1.54, 1.807) is 0 Å². The zero-order valence-corrected chi connectivity index (χ0v) is 6.84. The number of rotatable bonds is 3. The van der Waals surface area contributed by atoms with Crippen LogP contribution in [-0.2, 0) is 0 Å². The highest BCUT2D eigenvalue weighted by Crippen LogP contribution is 2.13. The highest BCUT2D eigenvalue weighted by Gasteiger charge is 2.09. The Balaban J connectivity index is 2.64. The Labute approximate surface area is 77.5 Å². The molecule has 0 unspecified atom stereocenters. The van der Waals surface area contributed by atoms with Gasteiger partial charge in [0.05, 0.1) is 12.3 Å². The number of hydrogen-bond donors (Lipinski definition) is 2. The van der Waals surface area contributed by atoms with Gasteiger partial charge in [0.1, 0.15) is 4.92 Å². The molecule has 1 heterocycles. The molecule has 0 radical (unpaired) electrons. The molecule has 0 aliphatic carbocycles. The summed E-state index contributed by atoms with van der Waals surface area (Å²) >= 11 is 0. The first kappa shape index (κ1) is 9.71. The van der Waals surface area contributed by atoms with Crippen LogP contribution in [-0.4, -0.2) is 17.2 Å². The monoisotopic (exact) mass is 201 g/mol. The van der Waals surface area contributed by atoms with Crippen LogP contribution in [0.3, 0.4) is 0 Å². The molecule has 0 bridgehead atoms. The minimum atomic E-state index is -0.831. The van der Waals surface area contributed by atoms with Gasteiger partial charge in [-0.15, -0.1) is 0 Å². The molecular weight excluding hydrogens is 195 g/mol. The molecule has 0 fully saturated rings. The number of primary amides is 1. The summed E-state index contributed by atoms with van der Waals surface area (Å²) in [4.78, 5) is 19.7. The van der Waals surface area contributed by atoms with Crippen LogP contribution in [0, 0.1) is 10.1 Å². The van der Waals surface area contributed by atoms with Crippen molar-refractivity contribution in [2.75, 3.05) is 0 Å². The summed E-state index contributed by atoms with van der Waals surface area (Å²) in [6.07, 6.45) is 1.10. The molecule has 0 aromatic carbocycles. The minimum Gasteiger partial charge on any atom is -0.400 e. The van der Waals surface area contributed by atoms with Crippen molar-refractivity contribution >= 4 is 18.1 Å². The van der Waals surface area contributed by atoms with E-state index in [9.17, 15) is 14.9 Å². The van der Waals surface area contributed by atoms with E-state index in [4.69, 9.17) is 5.73 Å². The molecule has 1 aromatic rings. The summed E-state index contributed by atoms with van der Waals surface area (Å²) in [6, 6.07) is 1.68. The highest BCUT2D eigenvalue weighted by molar-refractivity contribution is 5.78. The Hall–Kier alpha value is -2.38. The number of carbonyl (C=O) groups is 1. The van der Waals surface area contributed by atoms with Crippen LogP contribution in [0.2, 0.25) is 0 Å². The van der Waals surface area contributed by atoms with Crippen LogP contribution in [0.5, 0.6) is 0 Å². The second kappa shape index (κ2) is 4.03. The molecule has 0 aliphatic heterocycles. The zero-order chi connectivity index (χ0) is 10.6. The minimum absolute atomic E-state index is 0.144. The van der Waals surface area contributed by atoms with E-state index in [-0.39, 0.29) is 5.76 Å². The Kier molecular flexibility index (Phi) is 2.79. The molecule has 1 rings (SSSR count). The number of nitro groups is 1. The molecular formula is C6H6N4O4. The smallest absolute Gasteiger partial charge is 0.400 e. The van der Waals surface area contributed by atoms with Crippen molar-refractivity contribution < 1.29 is 14.1 Å². The molecule has 2 amide bonds. The molecule has 1 aromatic heterocycles. The fourth-order valence-electron chi connectivity index (χ4n) is 0.669. The first-order valence-electron chi connectivity index (χ1n) is 3.42. The summed E-state index contributed by atoms with van der Waals surface area (Å²) in [6.45, 7) is 0. The highest BCUT2D eigenvalue weighted by atomic mass is 16.6. The Morgan fingerprint density at radius 1 is 1.71 bits per heavy atom. The number of hydrazone groups is 1. The maximum absolute atomic E-state index is 10.2. The van der Waals surface area contributed by atoms with E-state index in [1.165, 1.54) is 12.1 Å². The third-order valence-corrected chi connectivity index (χ3v) is 1.16. The first-order chi connectivity index (χ1) is 6.59. The molecule has 8 nitrogen and oxygen atoms in total. The number of nitrogens with one attached hydrogen (secondary N) is 1. The van der Waals surface area contributed by atoms with E-state index < -0.39 is 16.8 Å². The molecule has 0 saturated heterocycles. The number of nitrogens with zero attached hydrogens (tertiary/aromatic N) is 2. The normalized spacial score (nSPS) is 10.3. The van der Waals surface area contributed by atoms with Crippen molar-refractivity contribution in [1.29, 1.82) is 0 Å². The van der Waals surface area contributed by atoms with Crippen molar-refractivity contribution in [1.82, 2.24) is 5.43 Å². The van der Waals surface area contributed by atoms with Gasteiger partial charge < -0.3 is 10.2 Å². The quantitative estimate of drug-likeness (QED) is 0.238. The second-order valence-corrected chi connectivity index (χ2v) is 2.17. The average molecular weight is 201 g/mol. The number of hydrogen-bond acceptors (Lipinski definition) is 5. The fraction of sp³-hybridized carbons (Fsp3) is 0. The van der Waals surface area contributed by atoms with E-state index in [0.717, 1.165) is 6.21 Å². The predicted octanol–water partition coefficient (Wildman–Crippen LogP) is 0.190. The van der Waals surface area contributed by atoms with Gasteiger partial charge in [0.25, 0.3) is 0 Å². The van der Waals surface area contributed by atoms with Gasteiger partial charge in [-0.25, -0.2) is 10.2 Å². The van der Waals surface area contributed by atoms with Crippen molar-refractivity contribution in [3.63, 3.8) is 0 Å². The van der Waals surface area contributed by atoms with E-state index in [1.807, 2.05) is 5.43 Å².